The number of amides is 2. The minimum Gasteiger partial charge on any atom is -0.381 e. The van der Waals surface area contributed by atoms with Crippen LogP contribution in [0.4, 0.5) is 0 Å². The van der Waals surface area contributed by atoms with E-state index in [9.17, 15) is 9.59 Å². The van der Waals surface area contributed by atoms with Crippen molar-refractivity contribution in [3.8, 4) is 0 Å². The topological polar surface area (TPSA) is 87.9 Å². The normalized spacial score (nSPS) is 21.5. The SMILES string of the molecule is Cc1cc(C(=O)NCCN(C2CCOCC2)C2CCN(C(=O)C3CC3)CC2)no1. The molecule has 3 fully saturated rings. The van der Waals surface area contributed by atoms with Gasteiger partial charge in [-0.3, -0.25) is 14.5 Å². The van der Waals surface area contributed by atoms with E-state index in [0.29, 0.717) is 41.9 Å². The smallest absolute Gasteiger partial charge is 0.273 e. The largest absolute Gasteiger partial charge is 0.381 e. The van der Waals surface area contributed by atoms with Crippen LogP contribution < -0.4 is 5.32 Å². The molecule has 1 N–H and O–H groups in total. The van der Waals surface area contributed by atoms with Gasteiger partial charge in [-0.15, -0.1) is 0 Å². The molecule has 0 bridgehead atoms. The molecule has 8 nitrogen and oxygen atoms in total. The van der Waals surface area contributed by atoms with Gasteiger partial charge in [-0.1, -0.05) is 5.16 Å². The highest BCUT2D eigenvalue weighted by molar-refractivity contribution is 5.92. The number of carbonyl (C=O) groups is 2. The maximum absolute atomic E-state index is 12.4. The number of hydrogen-bond acceptors (Lipinski definition) is 6. The van der Waals surface area contributed by atoms with Crippen molar-refractivity contribution in [1.82, 2.24) is 20.3 Å². The molecule has 2 amide bonds. The van der Waals surface area contributed by atoms with Crippen molar-refractivity contribution in [3.05, 3.63) is 17.5 Å². The number of rotatable bonds is 7. The van der Waals surface area contributed by atoms with Crippen molar-refractivity contribution >= 4 is 11.8 Å². The van der Waals surface area contributed by atoms with E-state index in [2.05, 4.69) is 20.3 Å². The van der Waals surface area contributed by atoms with Crippen molar-refractivity contribution in [1.29, 1.82) is 0 Å². The van der Waals surface area contributed by atoms with Gasteiger partial charge in [-0.2, -0.15) is 0 Å². The van der Waals surface area contributed by atoms with Gasteiger partial charge in [0.05, 0.1) is 0 Å². The molecule has 0 aromatic carbocycles. The highest BCUT2D eigenvalue weighted by atomic mass is 16.5. The Balaban J connectivity index is 1.31. The Morgan fingerprint density at radius 3 is 2.45 bits per heavy atom. The maximum Gasteiger partial charge on any atom is 0.273 e. The van der Waals surface area contributed by atoms with Crippen LogP contribution in [0.15, 0.2) is 10.6 Å². The first-order valence-corrected chi connectivity index (χ1v) is 11.0. The van der Waals surface area contributed by atoms with Crippen LogP contribution in [0.1, 0.15) is 54.8 Å². The van der Waals surface area contributed by atoms with Crippen LogP contribution in [-0.4, -0.2) is 78.2 Å². The van der Waals surface area contributed by atoms with E-state index in [1.165, 1.54) is 0 Å². The van der Waals surface area contributed by atoms with Crippen LogP contribution in [0, 0.1) is 12.8 Å². The van der Waals surface area contributed by atoms with Gasteiger partial charge in [0.2, 0.25) is 5.91 Å². The average molecular weight is 405 g/mol. The second kappa shape index (κ2) is 9.26. The van der Waals surface area contributed by atoms with Gasteiger partial charge >= 0.3 is 0 Å². The molecule has 2 aliphatic heterocycles. The third-order valence-electron chi connectivity index (χ3n) is 6.35. The van der Waals surface area contributed by atoms with Crippen LogP contribution in [0.3, 0.4) is 0 Å². The highest BCUT2D eigenvalue weighted by Gasteiger charge is 2.37. The van der Waals surface area contributed by atoms with Gasteiger partial charge in [0.1, 0.15) is 5.76 Å². The summed E-state index contributed by atoms with van der Waals surface area (Å²) in [7, 11) is 0. The first-order valence-electron chi connectivity index (χ1n) is 11.0. The third-order valence-corrected chi connectivity index (χ3v) is 6.35. The van der Waals surface area contributed by atoms with E-state index < -0.39 is 0 Å². The lowest BCUT2D eigenvalue weighted by molar-refractivity contribution is -0.134. The van der Waals surface area contributed by atoms with E-state index in [1.54, 1.807) is 13.0 Å². The van der Waals surface area contributed by atoms with Crippen molar-refractivity contribution in [2.45, 2.75) is 57.5 Å². The minimum atomic E-state index is -0.196. The van der Waals surface area contributed by atoms with Crippen molar-refractivity contribution in [3.63, 3.8) is 0 Å². The van der Waals surface area contributed by atoms with Crippen molar-refractivity contribution in [2.24, 2.45) is 5.92 Å². The van der Waals surface area contributed by atoms with Crippen molar-refractivity contribution < 1.29 is 18.8 Å². The molecule has 1 aromatic heterocycles. The number of likely N-dealkylation sites (tertiary alicyclic amines) is 1. The zero-order chi connectivity index (χ0) is 20.2. The minimum absolute atomic E-state index is 0.196. The van der Waals surface area contributed by atoms with Gasteiger partial charge in [-0.25, -0.2) is 0 Å². The molecule has 3 aliphatic rings. The molecule has 1 aromatic rings. The number of ether oxygens (including phenoxy) is 1. The van der Waals surface area contributed by atoms with Gasteiger partial charge in [0.15, 0.2) is 5.69 Å². The Morgan fingerprint density at radius 2 is 1.83 bits per heavy atom. The molecule has 0 radical (unpaired) electrons. The van der Waals surface area contributed by atoms with E-state index in [4.69, 9.17) is 9.26 Å². The molecule has 0 atom stereocenters. The second-order valence-electron chi connectivity index (χ2n) is 8.49. The Kier molecular flexibility index (Phi) is 6.50. The number of nitrogens with one attached hydrogen (secondary N) is 1. The van der Waals surface area contributed by atoms with Gasteiger partial charge in [0, 0.05) is 63.5 Å². The summed E-state index contributed by atoms with van der Waals surface area (Å²) in [6.45, 7) is 6.44. The summed E-state index contributed by atoms with van der Waals surface area (Å²) in [6, 6.07) is 2.58. The highest BCUT2D eigenvalue weighted by Crippen LogP contribution is 2.32. The molecule has 29 heavy (non-hydrogen) atoms. The Morgan fingerprint density at radius 1 is 1.14 bits per heavy atom. The third kappa shape index (κ3) is 5.17. The first-order chi connectivity index (χ1) is 14.1. The summed E-state index contributed by atoms with van der Waals surface area (Å²) in [5, 5.41) is 6.75. The monoisotopic (exact) mass is 404 g/mol. The van der Waals surface area contributed by atoms with E-state index in [1.807, 2.05) is 0 Å². The first kappa shape index (κ1) is 20.3. The number of nitrogens with zero attached hydrogens (tertiary/aromatic N) is 3. The molecule has 160 valence electrons. The standard InChI is InChI=1S/C21H32N4O4/c1-15-14-19(23-29-15)20(26)22-8-11-25(18-6-12-28-13-7-18)17-4-9-24(10-5-17)21(27)16-2-3-16/h14,16-18H,2-13H2,1H3,(H,22,26). The lowest BCUT2D eigenvalue weighted by Crippen LogP contribution is -2.53. The summed E-state index contributed by atoms with van der Waals surface area (Å²) in [4.78, 5) is 29.2. The number of carbonyl (C=O) groups excluding carboxylic acids is 2. The predicted octanol–water partition coefficient (Wildman–Crippen LogP) is 1.59. The van der Waals surface area contributed by atoms with Gasteiger partial charge in [0.25, 0.3) is 5.91 Å². The fourth-order valence-corrected chi connectivity index (χ4v) is 4.55. The van der Waals surface area contributed by atoms with E-state index >= 15 is 0 Å². The molecular weight excluding hydrogens is 372 g/mol. The lowest BCUT2D eigenvalue weighted by atomic mass is 9.97. The number of aromatic nitrogens is 1. The molecule has 4 rings (SSSR count). The van der Waals surface area contributed by atoms with Crippen LogP contribution in [0.25, 0.3) is 0 Å². The van der Waals surface area contributed by atoms with Crippen LogP contribution in [-0.2, 0) is 9.53 Å². The summed E-state index contributed by atoms with van der Waals surface area (Å²) in [5.74, 6) is 1.09. The molecule has 0 unspecified atom stereocenters. The number of aryl methyl sites for hydroxylation is 1. The molecule has 1 saturated carbocycles. The summed E-state index contributed by atoms with van der Waals surface area (Å²) in [6.07, 6.45) is 6.20. The van der Waals surface area contributed by atoms with Crippen LogP contribution >= 0.6 is 0 Å². The zero-order valence-corrected chi connectivity index (χ0v) is 17.3. The maximum atomic E-state index is 12.4. The molecule has 0 spiro atoms. The lowest BCUT2D eigenvalue weighted by Gasteiger charge is -2.43. The summed E-state index contributed by atoms with van der Waals surface area (Å²) < 4.78 is 10.5. The van der Waals surface area contributed by atoms with Crippen LogP contribution in [0.5, 0.6) is 0 Å². The summed E-state index contributed by atoms with van der Waals surface area (Å²) in [5.41, 5.74) is 0.326. The van der Waals surface area contributed by atoms with E-state index in [-0.39, 0.29) is 5.91 Å². The molecule has 2 saturated heterocycles. The number of hydrogen-bond donors (Lipinski definition) is 1. The Bertz CT molecular complexity index is 703. The fraction of sp³-hybridized carbons (Fsp3) is 0.762. The molecular formula is C21H32N4O4. The van der Waals surface area contributed by atoms with Crippen molar-refractivity contribution in [2.75, 3.05) is 39.4 Å². The molecule has 3 heterocycles. The summed E-state index contributed by atoms with van der Waals surface area (Å²) >= 11 is 0. The Labute approximate surface area is 171 Å². The molecule has 1 aliphatic carbocycles. The Hall–Kier alpha value is -1.93. The van der Waals surface area contributed by atoms with E-state index in [0.717, 1.165) is 71.4 Å². The second-order valence-corrected chi connectivity index (χ2v) is 8.49. The molecule has 8 heteroatoms. The average Bonchev–Trinajstić information content (AvgIpc) is 3.51. The fourth-order valence-electron chi connectivity index (χ4n) is 4.55. The van der Waals surface area contributed by atoms with Gasteiger partial charge in [-0.05, 0) is 45.4 Å². The quantitative estimate of drug-likeness (QED) is 0.743. The zero-order valence-electron chi connectivity index (χ0n) is 17.3. The number of piperidine rings is 1. The predicted molar refractivity (Wildman–Crippen MR) is 106 cm³/mol. The van der Waals surface area contributed by atoms with Crippen LogP contribution in [0.2, 0.25) is 0 Å². The van der Waals surface area contributed by atoms with Gasteiger partial charge < -0.3 is 19.5 Å².